The number of aromatic nitrogens is 1. The number of nitrogens with one attached hydrogen (secondary N) is 2. The van der Waals surface area contributed by atoms with Crippen molar-refractivity contribution in [2.45, 2.75) is 18.9 Å². The lowest BCUT2D eigenvalue weighted by atomic mass is 10.2. The van der Waals surface area contributed by atoms with E-state index in [0.29, 0.717) is 69.0 Å². The lowest BCUT2D eigenvalue weighted by Crippen LogP contribution is -2.43. The molecule has 1 aliphatic heterocycles. The molecule has 33 heavy (non-hydrogen) atoms. The minimum atomic E-state index is -0.625. The van der Waals surface area contributed by atoms with Crippen LogP contribution >= 0.6 is 23.2 Å². The van der Waals surface area contributed by atoms with Crippen LogP contribution in [0.25, 0.3) is 10.9 Å². The van der Waals surface area contributed by atoms with Crippen molar-refractivity contribution in [2.75, 3.05) is 33.2 Å². The summed E-state index contributed by atoms with van der Waals surface area (Å²) in [5.41, 5.74) is 1.37. The number of rotatable bonds is 6. The van der Waals surface area contributed by atoms with E-state index >= 15 is 0 Å². The van der Waals surface area contributed by atoms with E-state index in [-0.39, 0.29) is 11.8 Å². The molecule has 1 unspecified atom stereocenters. The highest BCUT2D eigenvalue weighted by molar-refractivity contribution is 6.35. The molecule has 1 fully saturated rings. The van der Waals surface area contributed by atoms with Gasteiger partial charge in [-0.15, -0.1) is 0 Å². The summed E-state index contributed by atoms with van der Waals surface area (Å²) in [7, 11) is 4.59. The van der Waals surface area contributed by atoms with Gasteiger partial charge >= 0.3 is 0 Å². The van der Waals surface area contributed by atoms with Gasteiger partial charge in [0.1, 0.15) is 17.5 Å². The molecule has 0 spiro atoms. The molecule has 0 radical (unpaired) electrons. The third-order valence-corrected chi connectivity index (χ3v) is 6.05. The van der Waals surface area contributed by atoms with Gasteiger partial charge in [0.25, 0.3) is 5.91 Å². The van der Waals surface area contributed by atoms with Crippen molar-refractivity contribution in [1.29, 1.82) is 0 Å². The molecule has 2 N–H and O–H groups in total. The van der Waals surface area contributed by atoms with E-state index in [4.69, 9.17) is 37.4 Å². The van der Waals surface area contributed by atoms with Crippen molar-refractivity contribution < 1.29 is 23.8 Å². The van der Waals surface area contributed by atoms with Crippen LogP contribution in [0, 0.1) is 0 Å². The minimum absolute atomic E-state index is 0.295. The molecule has 4 rings (SSSR count). The quantitative estimate of drug-likeness (QED) is 0.519. The maximum atomic E-state index is 13.4. The zero-order valence-electron chi connectivity index (χ0n) is 18.3. The molecule has 0 saturated carbocycles. The predicted octanol–water partition coefficient (Wildman–Crippen LogP) is 4.74. The first-order chi connectivity index (χ1) is 15.9. The number of aromatic amines is 1. The SMILES string of the molecule is COc1cc(OC)c2cc(C(=O)N3CCCC3C(=O)Nc3cc(Cl)cc(Cl)c3)[nH]c2c1OC. The van der Waals surface area contributed by atoms with Crippen LogP contribution in [0.1, 0.15) is 23.3 Å². The summed E-state index contributed by atoms with van der Waals surface area (Å²) in [6.45, 7) is 0.459. The Balaban J connectivity index is 1.63. The Morgan fingerprint density at radius 1 is 1.00 bits per heavy atom. The first kappa shape index (κ1) is 23.1. The van der Waals surface area contributed by atoms with E-state index in [1.807, 2.05) is 0 Å². The van der Waals surface area contributed by atoms with Crippen LogP contribution in [0.3, 0.4) is 0 Å². The zero-order chi connectivity index (χ0) is 23.7. The number of fused-ring (bicyclic) bond motifs is 1. The van der Waals surface area contributed by atoms with E-state index in [9.17, 15) is 9.59 Å². The number of ether oxygens (including phenoxy) is 3. The standard InChI is InChI=1S/C23H23Cl2N3O5/c1-31-18-11-19(32-2)21(33-3)20-15(18)10-16(27-20)23(30)28-6-4-5-17(28)22(29)26-14-8-12(24)7-13(25)9-14/h7-11,17,27H,4-6H2,1-3H3,(H,26,29). The Hall–Kier alpha value is -3.10. The van der Waals surface area contributed by atoms with Gasteiger partial charge < -0.3 is 29.4 Å². The topological polar surface area (TPSA) is 92.9 Å². The molecule has 10 heteroatoms. The summed E-state index contributed by atoms with van der Waals surface area (Å²) in [4.78, 5) is 31.1. The molecule has 2 amide bonds. The Kier molecular flexibility index (Phi) is 6.58. The summed E-state index contributed by atoms with van der Waals surface area (Å²) in [5, 5.41) is 4.31. The molecule has 0 aliphatic carbocycles. The van der Waals surface area contributed by atoms with Crippen LogP contribution in [0.5, 0.6) is 17.2 Å². The molecular weight excluding hydrogens is 469 g/mol. The third-order valence-electron chi connectivity index (χ3n) is 5.62. The number of hydrogen-bond acceptors (Lipinski definition) is 5. The van der Waals surface area contributed by atoms with Crippen molar-refractivity contribution >= 4 is 51.6 Å². The van der Waals surface area contributed by atoms with Gasteiger partial charge in [0.2, 0.25) is 5.91 Å². The molecule has 174 valence electrons. The Labute approximate surface area is 200 Å². The predicted molar refractivity (Wildman–Crippen MR) is 127 cm³/mol. The number of anilines is 1. The van der Waals surface area contributed by atoms with Crippen molar-refractivity contribution in [2.24, 2.45) is 0 Å². The van der Waals surface area contributed by atoms with Gasteiger partial charge in [0.05, 0.1) is 26.8 Å². The maximum absolute atomic E-state index is 13.4. The van der Waals surface area contributed by atoms with E-state index in [0.717, 1.165) is 0 Å². The number of nitrogens with zero attached hydrogens (tertiary/aromatic N) is 1. The van der Waals surface area contributed by atoms with Gasteiger partial charge in [-0.2, -0.15) is 0 Å². The molecular formula is C23H23Cl2N3O5. The molecule has 1 aliphatic rings. The van der Waals surface area contributed by atoms with Crippen molar-refractivity contribution in [3.8, 4) is 17.2 Å². The summed E-state index contributed by atoms with van der Waals surface area (Å²) in [6.07, 6.45) is 1.26. The largest absolute Gasteiger partial charge is 0.496 e. The Morgan fingerprint density at radius 2 is 1.70 bits per heavy atom. The second-order valence-electron chi connectivity index (χ2n) is 7.59. The first-order valence-corrected chi connectivity index (χ1v) is 11.0. The third kappa shape index (κ3) is 4.41. The van der Waals surface area contributed by atoms with E-state index in [1.54, 1.807) is 35.2 Å². The highest BCUT2D eigenvalue weighted by atomic mass is 35.5. The minimum Gasteiger partial charge on any atom is -0.496 e. The number of carbonyl (C=O) groups is 2. The van der Waals surface area contributed by atoms with Gasteiger partial charge in [0, 0.05) is 33.7 Å². The maximum Gasteiger partial charge on any atom is 0.270 e. The number of carbonyl (C=O) groups excluding carboxylic acids is 2. The number of methoxy groups -OCH3 is 3. The molecule has 0 bridgehead atoms. The van der Waals surface area contributed by atoms with Gasteiger partial charge in [-0.25, -0.2) is 0 Å². The number of halogens is 2. The highest BCUT2D eigenvalue weighted by Gasteiger charge is 2.35. The number of H-pyrrole nitrogens is 1. The smallest absolute Gasteiger partial charge is 0.270 e. The number of benzene rings is 2. The van der Waals surface area contributed by atoms with Crippen LogP contribution in [-0.4, -0.2) is 55.6 Å². The van der Waals surface area contributed by atoms with Crippen LogP contribution in [0.2, 0.25) is 10.0 Å². The van der Waals surface area contributed by atoms with Crippen LogP contribution < -0.4 is 19.5 Å². The fourth-order valence-electron chi connectivity index (χ4n) is 4.14. The summed E-state index contributed by atoms with van der Waals surface area (Å²) >= 11 is 12.1. The van der Waals surface area contributed by atoms with Gasteiger partial charge in [0.15, 0.2) is 11.5 Å². The molecule has 1 aromatic heterocycles. The second-order valence-corrected chi connectivity index (χ2v) is 8.46. The lowest BCUT2D eigenvalue weighted by molar-refractivity contribution is -0.119. The van der Waals surface area contributed by atoms with Crippen LogP contribution in [0.4, 0.5) is 5.69 Å². The van der Waals surface area contributed by atoms with Gasteiger partial charge in [-0.05, 0) is 37.1 Å². The van der Waals surface area contributed by atoms with Crippen molar-refractivity contribution in [3.63, 3.8) is 0 Å². The first-order valence-electron chi connectivity index (χ1n) is 10.3. The number of hydrogen-bond donors (Lipinski definition) is 2. The lowest BCUT2D eigenvalue weighted by Gasteiger charge is -2.23. The average Bonchev–Trinajstić information content (AvgIpc) is 3.44. The summed E-state index contributed by atoms with van der Waals surface area (Å²) in [5.74, 6) is 0.872. The molecule has 1 saturated heterocycles. The normalized spacial score (nSPS) is 15.5. The molecule has 3 aromatic rings. The highest BCUT2D eigenvalue weighted by Crippen LogP contribution is 2.41. The molecule has 8 nitrogen and oxygen atoms in total. The van der Waals surface area contributed by atoms with E-state index in [1.165, 1.54) is 21.3 Å². The van der Waals surface area contributed by atoms with E-state index < -0.39 is 6.04 Å². The summed E-state index contributed by atoms with van der Waals surface area (Å²) in [6, 6.07) is 7.57. The fraction of sp³-hybridized carbons (Fsp3) is 0.304. The molecule has 1 atom stereocenters. The average molecular weight is 492 g/mol. The summed E-state index contributed by atoms with van der Waals surface area (Å²) < 4.78 is 16.3. The van der Waals surface area contributed by atoms with Crippen LogP contribution in [-0.2, 0) is 4.79 Å². The van der Waals surface area contributed by atoms with Gasteiger partial charge in [-0.3, -0.25) is 9.59 Å². The van der Waals surface area contributed by atoms with Crippen LogP contribution in [0.15, 0.2) is 30.3 Å². The van der Waals surface area contributed by atoms with Gasteiger partial charge in [-0.1, -0.05) is 23.2 Å². The zero-order valence-corrected chi connectivity index (χ0v) is 19.8. The second kappa shape index (κ2) is 9.41. The van der Waals surface area contributed by atoms with Crippen molar-refractivity contribution in [3.05, 3.63) is 46.1 Å². The van der Waals surface area contributed by atoms with E-state index in [2.05, 4.69) is 10.3 Å². The fourth-order valence-corrected chi connectivity index (χ4v) is 4.67. The molecule has 2 aromatic carbocycles. The Morgan fingerprint density at radius 3 is 2.33 bits per heavy atom. The Bertz CT molecular complexity index is 1210. The number of amides is 2. The monoisotopic (exact) mass is 491 g/mol. The van der Waals surface area contributed by atoms with Crippen molar-refractivity contribution in [1.82, 2.24) is 9.88 Å². The molecule has 2 heterocycles. The number of likely N-dealkylation sites (tertiary alicyclic amines) is 1.